The fourth-order valence-corrected chi connectivity index (χ4v) is 1.72. The summed E-state index contributed by atoms with van der Waals surface area (Å²) in [4.78, 5) is 0. The molecule has 17 heavy (non-hydrogen) atoms. The van der Waals surface area contributed by atoms with Gasteiger partial charge in [0.15, 0.2) is 6.79 Å². The minimum absolute atomic E-state index is 0.209. The van der Waals surface area contributed by atoms with E-state index in [2.05, 4.69) is 19.2 Å². The van der Waals surface area contributed by atoms with Crippen molar-refractivity contribution in [3.8, 4) is 5.75 Å². The fourth-order valence-electron chi connectivity index (χ4n) is 1.47. The zero-order chi connectivity index (χ0) is 12.7. The van der Waals surface area contributed by atoms with Crippen LogP contribution < -0.4 is 10.1 Å². The van der Waals surface area contributed by atoms with Crippen LogP contribution in [0.2, 0.25) is 5.02 Å². The monoisotopic (exact) mass is 257 g/mol. The number of hydrogen-bond acceptors (Lipinski definition) is 3. The maximum atomic E-state index is 6.10. The molecule has 0 fully saturated rings. The number of hydrogen-bond donors (Lipinski definition) is 1. The summed E-state index contributed by atoms with van der Waals surface area (Å²) in [5, 5.41) is 3.98. The van der Waals surface area contributed by atoms with Gasteiger partial charge in [0, 0.05) is 19.2 Å². The first-order chi connectivity index (χ1) is 8.15. The third kappa shape index (κ3) is 4.94. The van der Waals surface area contributed by atoms with Crippen molar-refractivity contribution in [2.24, 2.45) is 5.92 Å². The highest BCUT2D eigenvalue weighted by atomic mass is 35.5. The second-order valence-corrected chi connectivity index (χ2v) is 4.71. The fraction of sp³-hybridized carbons (Fsp3) is 0.538. The quantitative estimate of drug-likeness (QED) is 0.762. The van der Waals surface area contributed by atoms with Gasteiger partial charge in [-0.3, -0.25) is 0 Å². The number of halogens is 1. The maximum absolute atomic E-state index is 6.10. The van der Waals surface area contributed by atoms with Crippen LogP contribution in [-0.4, -0.2) is 20.4 Å². The highest BCUT2D eigenvalue weighted by molar-refractivity contribution is 6.32. The number of nitrogens with one attached hydrogen (secondary N) is 1. The van der Waals surface area contributed by atoms with Gasteiger partial charge in [-0.25, -0.2) is 0 Å². The molecule has 0 unspecified atom stereocenters. The lowest BCUT2D eigenvalue weighted by Crippen LogP contribution is -2.19. The normalized spacial score (nSPS) is 10.9. The van der Waals surface area contributed by atoms with Crippen LogP contribution in [0.5, 0.6) is 5.75 Å². The topological polar surface area (TPSA) is 30.5 Å². The molecule has 0 aliphatic heterocycles. The average molecular weight is 258 g/mol. The summed E-state index contributed by atoms with van der Waals surface area (Å²) in [5.74, 6) is 1.32. The Balaban J connectivity index is 2.65. The molecule has 1 aromatic carbocycles. The van der Waals surface area contributed by atoms with Crippen molar-refractivity contribution in [3.05, 3.63) is 28.8 Å². The molecule has 0 bridgehead atoms. The molecular formula is C13H20ClNO2. The molecule has 0 spiro atoms. The molecule has 4 heteroatoms. The lowest BCUT2D eigenvalue weighted by atomic mass is 10.2. The van der Waals surface area contributed by atoms with Crippen LogP contribution in [0.15, 0.2) is 18.2 Å². The van der Waals surface area contributed by atoms with Crippen molar-refractivity contribution < 1.29 is 9.47 Å². The van der Waals surface area contributed by atoms with Gasteiger partial charge >= 0.3 is 0 Å². The van der Waals surface area contributed by atoms with Gasteiger partial charge in [-0.15, -0.1) is 0 Å². The van der Waals surface area contributed by atoms with E-state index in [4.69, 9.17) is 21.1 Å². The Morgan fingerprint density at radius 2 is 2.12 bits per heavy atom. The second-order valence-electron chi connectivity index (χ2n) is 4.30. The molecule has 0 heterocycles. The number of para-hydroxylation sites is 1. The van der Waals surface area contributed by atoms with E-state index in [9.17, 15) is 0 Å². The molecule has 96 valence electrons. The lowest BCUT2D eigenvalue weighted by molar-refractivity contribution is 0.0504. The van der Waals surface area contributed by atoms with Gasteiger partial charge in [0.2, 0.25) is 0 Å². The van der Waals surface area contributed by atoms with Crippen LogP contribution in [0.1, 0.15) is 19.4 Å². The standard InChI is InChI=1S/C13H20ClNO2/c1-10(2)7-15-8-11-5-4-6-12(14)13(11)17-9-16-3/h4-6,10,15H,7-9H2,1-3H3. The van der Waals surface area contributed by atoms with Crippen LogP contribution in [0, 0.1) is 5.92 Å². The second kappa shape index (κ2) is 7.54. The van der Waals surface area contributed by atoms with Crippen LogP contribution in [-0.2, 0) is 11.3 Å². The summed E-state index contributed by atoms with van der Waals surface area (Å²) in [6, 6.07) is 5.75. The van der Waals surface area contributed by atoms with Crippen LogP contribution in [0.4, 0.5) is 0 Å². The van der Waals surface area contributed by atoms with Crippen molar-refractivity contribution in [1.29, 1.82) is 0 Å². The van der Waals surface area contributed by atoms with Crippen molar-refractivity contribution >= 4 is 11.6 Å². The van der Waals surface area contributed by atoms with Crippen molar-refractivity contribution in [1.82, 2.24) is 5.32 Å². The molecular weight excluding hydrogens is 238 g/mol. The Labute approximate surface area is 108 Å². The third-order valence-electron chi connectivity index (χ3n) is 2.24. The highest BCUT2D eigenvalue weighted by Gasteiger charge is 2.08. The van der Waals surface area contributed by atoms with Gasteiger partial charge in [0.05, 0.1) is 5.02 Å². The first-order valence-electron chi connectivity index (χ1n) is 5.75. The Morgan fingerprint density at radius 1 is 1.35 bits per heavy atom. The summed E-state index contributed by atoms with van der Waals surface area (Å²) in [7, 11) is 1.59. The van der Waals surface area contributed by atoms with E-state index in [0.717, 1.165) is 18.7 Å². The Morgan fingerprint density at radius 3 is 2.76 bits per heavy atom. The summed E-state index contributed by atoms with van der Waals surface area (Å²) < 4.78 is 10.4. The molecule has 0 atom stereocenters. The predicted molar refractivity (Wildman–Crippen MR) is 70.5 cm³/mol. The zero-order valence-corrected chi connectivity index (χ0v) is 11.4. The van der Waals surface area contributed by atoms with Crippen LogP contribution in [0.3, 0.4) is 0 Å². The number of methoxy groups -OCH3 is 1. The van der Waals surface area contributed by atoms with Gasteiger partial charge in [-0.1, -0.05) is 37.6 Å². The van der Waals surface area contributed by atoms with Crippen molar-refractivity contribution in [2.45, 2.75) is 20.4 Å². The van der Waals surface area contributed by atoms with E-state index in [1.807, 2.05) is 18.2 Å². The van der Waals surface area contributed by atoms with Gasteiger partial charge in [-0.05, 0) is 18.5 Å². The minimum Gasteiger partial charge on any atom is -0.466 e. The predicted octanol–water partition coefficient (Wildman–Crippen LogP) is 3.07. The molecule has 1 rings (SSSR count). The van der Waals surface area contributed by atoms with Crippen molar-refractivity contribution in [2.75, 3.05) is 20.4 Å². The highest BCUT2D eigenvalue weighted by Crippen LogP contribution is 2.28. The third-order valence-corrected chi connectivity index (χ3v) is 2.54. The lowest BCUT2D eigenvalue weighted by Gasteiger charge is -2.13. The summed E-state index contributed by atoms with van der Waals surface area (Å²) in [6.45, 7) is 6.27. The van der Waals surface area contributed by atoms with E-state index in [1.54, 1.807) is 7.11 Å². The zero-order valence-electron chi connectivity index (χ0n) is 10.6. The molecule has 1 N–H and O–H groups in total. The van der Waals surface area contributed by atoms with E-state index in [-0.39, 0.29) is 6.79 Å². The molecule has 0 saturated carbocycles. The van der Waals surface area contributed by atoms with E-state index in [0.29, 0.717) is 16.7 Å². The van der Waals surface area contributed by atoms with E-state index in [1.165, 1.54) is 0 Å². The molecule has 0 saturated heterocycles. The summed E-state index contributed by atoms with van der Waals surface area (Å²) in [6.07, 6.45) is 0. The Hall–Kier alpha value is -0.770. The van der Waals surface area contributed by atoms with Gasteiger partial charge in [-0.2, -0.15) is 0 Å². The van der Waals surface area contributed by atoms with Gasteiger partial charge < -0.3 is 14.8 Å². The first kappa shape index (κ1) is 14.3. The number of ether oxygens (including phenoxy) is 2. The number of benzene rings is 1. The minimum atomic E-state index is 0.209. The SMILES string of the molecule is COCOc1c(Cl)cccc1CNCC(C)C. The first-order valence-corrected chi connectivity index (χ1v) is 6.12. The Bertz CT molecular complexity index is 342. The smallest absolute Gasteiger partial charge is 0.188 e. The largest absolute Gasteiger partial charge is 0.466 e. The molecule has 3 nitrogen and oxygen atoms in total. The molecule has 0 aromatic heterocycles. The van der Waals surface area contributed by atoms with Crippen LogP contribution in [0.25, 0.3) is 0 Å². The molecule has 0 amide bonds. The van der Waals surface area contributed by atoms with E-state index < -0.39 is 0 Å². The average Bonchev–Trinajstić information content (AvgIpc) is 2.28. The molecule has 0 aliphatic carbocycles. The van der Waals surface area contributed by atoms with Gasteiger partial charge in [0.25, 0.3) is 0 Å². The molecule has 0 aliphatic rings. The summed E-state index contributed by atoms with van der Waals surface area (Å²) in [5.41, 5.74) is 1.05. The number of rotatable bonds is 7. The van der Waals surface area contributed by atoms with Crippen molar-refractivity contribution in [3.63, 3.8) is 0 Å². The molecule has 0 radical (unpaired) electrons. The molecule has 1 aromatic rings. The van der Waals surface area contributed by atoms with E-state index >= 15 is 0 Å². The van der Waals surface area contributed by atoms with Crippen LogP contribution >= 0.6 is 11.6 Å². The maximum Gasteiger partial charge on any atom is 0.188 e. The summed E-state index contributed by atoms with van der Waals surface area (Å²) >= 11 is 6.10. The Kier molecular flexibility index (Phi) is 6.34. The van der Waals surface area contributed by atoms with Gasteiger partial charge in [0.1, 0.15) is 5.75 Å².